The summed E-state index contributed by atoms with van der Waals surface area (Å²) in [6.45, 7) is 3.66. The van der Waals surface area contributed by atoms with E-state index in [0.29, 0.717) is 27.8 Å². The zero-order valence-corrected chi connectivity index (χ0v) is 12.1. The molecule has 0 fully saturated rings. The maximum Gasteiger partial charge on any atom is 0.335 e. The third-order valence-electron chi connectivity index (χ3n) is 2.65. The van der Waals surface area contributed by atoms with E-state index in [1.807, 2.05) is 30.3 Å². The predicted molar refractivity (Wildman–Crippen MR) is 85.3 cm³/mol. The molecule has 0 unspecified atom stereocenters. The minimum atomic E-state index is -1.02. The first-order valence-corrected chi connectivity index (χ1v) is 7.23. The predicted octanol–water partition coefficient (Wildman–Crippen LogP) is 4.04. The number of rotatable bonds is 6. The van der Waals surface area contributed by atoms with E-state index in [1.165, 1.54) is 17.8 Å². The number of nitrogens with two attached hydrogens (primary N) is 1. The zero-order chi connectivity index (χ0) is 15.2. The molecule has 0 bridgehead atoms. The summed E-state index contributed by atoms with van der Waals surface area (Å²) in [5, 5.41) is 9.11. The molecule has 4 nitrogen and oxygen atoms in total. The highest BCUT2D eigenvalue weighted by molar-refractivity contribution is 7.99. The van der Waals surface area contributed by atoms with Crippen LogP contribution >= 0.6 is 11.8 Å². The lowest BCUT2D eigenvalue weighted by molar-refractivity contribution is 0.0696. The highest BCUT2D eigenvalue weighted by atomic mass is 32.2. The Bertz CT molecular complexity index is 656. The quantitative estimate of drug-likeness (QED) is 0.478. The largest absolute Gasteiger partial charge is 0.478 e. The molecule has 0 atom stereocenters. The SMILES string of the molecule is C=CCSc1cc(C(=O)O)cc(N)c1Oc1ccccc1. The van der Waals surface area contributed by atoms with Crippen LogP contribution in [-0.4, -0.2) is 16.8 Å². The molecule has 3 N–H and O–H groups in total. The fourth-order valence-corrected chi connectivity index (χ4v) is 2.52. The minimum Gasteiger partial charge on any atom is -0.478 e. The van der Waals surface area contributed by atoms with E-state index in [1.54, 1.807) is 12.1 Å². The molecule has 0 aliphatic rings. The first kappa shape index (κ1) is 15.0. The standard InChI is InChI=1S/C16H15NO3S/c1-2-8-21-14-10-11(16(18)19)9-13(17)15(14)20-12-6-4-3-5-7-12/h2-7,9-10H,1,8,17H2,(H,18,19). The summed E-state index contributed by atoms with van der Waals surface area (Å²) in [6, 6.07) is 12.2. The van der Waals surface area contributed by atoms with Crippen LogP contribution in [0.15, 0.2) is 60.0 Å². The average Bonchev–Trinajstić information content (AvgIpc) is 2.48. The van der Waals surface area contributed by atoms with Crippen molar-refractivity contribution in [1.82, 2.24) is 0 Å². The number of carboxylic acid groups (broad SMARTS) is 1. The molecule has 0 saturated heterocycles. The van der Waals surface area contributed by atoms with Crippen molar-refractivity contribution < 1.29 is 14.6 Å². The van der Waals surface area contributed by atoms with E-state index in [0.717, 1.165) is 0 Å². The number of para-hydroxylation sites is 1. The number of ether oxygens (including phenoxy) is 1. The third-order valence-corrected chi connectivity index (χ3v) is 3.67. The van der Waals surface area contributed by atoms with E-state index in [9.17, 15) is 4.79 Å². The van der Waals surface area contributed by atoms with E-state index in [-0.39, 0.29) is 5.56 Å². The molecular formula is C16H15NO3S. The van der Waals surface area contributed by atoms with Crippen LogP contribution in [0, 0.1) is 0 Å². The van der Waals surface area contributed by atoms with Gasteiger partial charge >= 0.3 is 5.97 Å². The molecule has 0 aromatic heterocycles. The van der Waals surface area contributed by atoms with Gasteiger partial charge in [0.2, 0.25) is 0 Å². The van der Waals surface area contributed by atoms with Gasteiger partial charge in [0.15, 0.2) is 5.75 Å². The summed E-state index contributed by atoms with van der Waals surface area (Å²) in [6.07, 6.45) is 1.74. The van der Waals surface area contributed by atoms with Gasteiger partial charge < -0.3 is 15.6 Å². The van der Waals surface area contributed by atoms with E-state index >= 15 is 0 Å². The van der Waals surface area contributed by atoms with Gasteiger partial charge in [0.1, 0.15) is 5.75 Å². The maximum atomic E-state index is 11.1. The average molecular weight is 301 g/mol. The van der Waals surface area contributed by atoms with Crippen molar-refractivity contribution in [2.45, 2.75) is 4.90 Å². The van der Waals surface area contributed by atoms with Gasteiger partial charge in [-0.3, -0.25) is 0 Å². The van der Waals surface area contributed by atoms with Gasteiger partial charge in [-0.2, -0.15) is 0 Å². The smallest absolute Gasteiger partial charge is 0.335 e. The summed E-state index contributed by atoms with van der Waals surface area (Å²) in [4.78, 5) is 11.8. The van der Waals surface area contributed by atoms with Gasteiger partial charge in [-0.05, 0) is 24.3 Å². The Balaban J connectivity index is 2.42. The fourth-order valence-electron chi connectivity index (χ4n) is 1.72. The first-order valence-electron chi connectivity index (χ1n) is 6.25. The van der Waals surface area contributed by atoms with Crippen LogP contribution in [0.5, 0.6) is 11.5 Å². The normalized spacial score (nSPS) is 10.1. The van der Waals surface area contributed by atoms with Gasteiger partial charge in [0.05, 0.1) is 16.1 Å². The lowest BCUT2D eigenvalue weighted by Crippen LogP contribution is -2.01. The van der Waals surface area contributed by atoms with E-state index < -0.39 is 5.97 Å². The summed E-state index contributed by atoms with van der Waals surface area (Å²) in [5.74, 6) is 0.729. The molecule has 2 rings (SSSR count). The van der Waals surface area contributed by atoms with Crippen LogP contribution in [-0.2, 0) is 0 Å². The van der Waals surface area contributed by atoms with Crippen molar-refractivity contribution in [3.8, 4) is 11.5 Å². The number of aromatic carboxylic acids is 1. The molecule has 0 aliphatic carbocycles. The summed E-state index contributed by atoms with van der Waals surface area (Å²) in [5.41, 5.74) is 6.39. The second kappa shape index (κ2) is 6.85. The van der Waals surface area contributed by atoms with Crippen molar-refractivity contribution in [2.24, 2.45) is 0 Å². The van der Waals surface area contributed by atoms with E-state index in [4.69, 9.17) is 15.6 Å². The molecule has 108 valence electrons. The monoisotopic (exact) mass is 301 g/mol. The molecule has 2 aromatic rings. The van der Waals surface area contributed by atoms with Crippen LogP contribution in [0.25, 0.3) is 0 Å². The number of hydrogen-bond donors (Lipinski definition) is 2. The molecule has 0 radical (unpaired) electrons. The topological polar surface area (TPSA) is 72.5 Å². The zero-order valence-electron chi connectivity index (χ0n) is 11.3. The molecule has 21 heavy (non-hydrogen) atoms. The summed E-state index contributed by atoms with van der Waals surface area (Å²) >= 11 is 1.43. The highest BCUT2D eigenvalue weighted by Crippen LogP contribution is 2.38. The molecule has 0 saturated carbocycles. The van der Waals surface area contributed by atoms with Crippen molar-refractivity contribution in [2.75, 3.05) is 11.5 Å². The Hall–Kier alpha value is -2.40. The van der Waals surface area contributed by atoms with Gasteiger partial charge in [-0.1, -0.05) is 24.3 Å². The Kier molecular flexibility index (Phi) is 4.90. The minimum absolute atomic E-state index is 0.138. The fraction of sp³-hybridized carbons (Fsp3) is 0.0625. The summed E-state index contributed by atoms with van der Waals surface area (Å²) < 4.78 is 5.80. The second-order valence-corrected chi connectivity index (χ2v) is 5.27. The van der Waals surface area contributed by atoms with Crippen molar-refractivity contribution in [3.05, 3.63) is 60.7 Å². The lowest BCUT2D eigenvalue weighted by Gasteiger charge is -2.14. The molecule has 2 aromatic carbocycles. The molecule has 0 aliphatic heterocycles. The first-order chi connectivity index (χ1) is 10.1. The molecule has 0 heterocycles. The number of thioether (sulfide) groups is 1. The van der Waals surface area contributed by atoms with Gasteiger partial charge in [0.25, 0.3) is 0 Å². The van der Waals surface area contributed by atoms with Gasteiger partial charge in [-0.25, -0.2) is 4.79 Å². The molecule has 0 spiro atoms. The van der Waals surface area contributed by atoms with Crippen LogP contribution in [0.3, 0.4) is 0 Å². The van der Waals surface area contributed by atoms with Crippen LogP contribution in [0.1, 0.15) is 10.4 Å². The van der Waals surface area contributed by atoms with E-state index in [2.05, 4.69) is 6.58 Å². The van der Waals surface area contributed by atoms with Gasteiger partial charge in [-0.15, -0.1) is 18.3 Å². The molecular weight excluding hydrogens is 286 g/mol. The highest BCUT2D eigenvalue weighted by Gasteiger charge is 2.15. The second-order valence-electron chi connectivity index (χ2n) is 4.21. The maximum absolute atomic E-state index is 11.1. The van der Waals surface area contributed by atoms with Crippen molar-refractivity contribution >= 4 is 23.4 Å². The molecule has 0 amide bonds. The Morgan fingerprint density at radius 2 is 2.05 bits per heavy atom. The van der Waals surface area contributed by atoms with Gasteiger partial charge in [0, 0.05) is 5.75 Å². The number of carbonyl (C=O) groups is 1. The Labute approximate surface area is 127 Å². The van der Waals surface area contributed by atoms with Crippen LogP contribution in [0.4, 0.5) is 5.69 Å². The Morgan fingerprint density at radius 3 is 2.67 bits per heavy atom. The number of carboxylic acids is 1. The molecule has 5 heteroatoms. The van der Waals surface area contributed by atoms with Crippen molar-refractivity contribution in [3.63, 3.8) is 0 Å². The lowest BCUT2D eigenvalue weighted by atomic mass is 10.2. The number of nitrogen functional groups attached to an aromatic ring is 1. The van der Waals surface area contributed by atoms with Crippen LogP contribution < -0.4 is 10.5 Å². The number of anilines is 1. The summed E-state index contributed by atoms with van der Waals surface area (Å²) in [7, 11) is 0. The van der Waals surface area contributed by atoms with Crippen molar-refractivity contribution in [1.29, 1.82) is 0 Å². The number of hydrogen-bond acceptors (Lipinski definition) is 4. The van der Waals surface area contributed by atoms with Crippen LogP contribution in [0.2, 0.25) is 0 Å². The Morgan fingerprint density at radius 1 is 1.33 bits per heavy atom. The third kappa shape index (κ3) is 3.79. The number of benzene rings is 2.